The zero-order chi connectivity index (χ0) is 10.1. The van der Waals surface area contributed by atoms with Crippen LogP contribution in [0.15, 0.2) is 0 Å². The standard InChI is InChI=1S/C11H20N2O/c1-2-7-5-10(7)11(14)13-9-4-3-8(12)6-9/h7-10H,2-6,12H2,1H3,(H,13,14). The fourth-order valence-electron chi connectivity index (χ4n) is 2.48. The van der Waals surface area contributed by atoms with Crippen LogP contribution in [0.1, 0.15) is 39.0 Å². The normalized spacial score (nSPS) is 41.0. The molecule has 0 spiro atoms. The zero-order valence-electron chi connectivity index (χ0n) is 8.83. The molecule has 0 aromatic heterocycles. The Labute approximate surface area is 85.4 Å². The summed E-state index contributed by atoms with van der Waals surface area (Å²) in [6, 6.07) is 0.664. The molecule has 14 heavy (non-hydrogen) atoms. The van der Waals surface area contributed by atoms with Gasteiger partial charge in [0.1, 0.15) is 0 Å². The first-order valence-corrected chi connectivity index (χ1v) is 5.76. The molecular formula is C11H20N2O. The van der Waals surface area contributed by atoms with Crippen molar-refractivity contribution >= 4 is 5.91 Å². The molecule has 0 heterocycles. The Morgan fingerprint density at radius 1 is 1.43 bits per heavy atom. The third kappa shape index (κ3) is 2.08. The lowest BCUT2D eigenvalue weighted by Gasteiger charge is -2.11. The monoisotopic (exact) mass is 196 g/mol. The number of carbonyl (C=O) groups excluding carboxylic acids is 1. The van der Waals surface area contributed by atoms with Crippen LogP contribution in [0, 0.1) is 11.8 Å². The summed E-state index contributed by atoms with van der Waals surface area (Å²) in [5.74, 6) is 1.25. The van der Waals surface area contributed by atoms with Gasteiger partial charge in [0.15, 0.2) is 0 Å². The van der Waals surface area contributed by atoms with E-state index < -0.39 is 0 Å². The first kappa shape index (κ1) is 9.97. The van der Waals surface area contributed by atoms with Crippen LogP contribution < -0.4 is 11.1 Å². The number of nitrogens with two attached hydrogens (primary N) is 1. The second-order valence-electron chi connectivity index (χ2n) is 4.79. The maximum atomic E-state index is 11.7. The van der Waals surface area contributed by atoms with Crippen LogP contribution in [0.4, 0.5) is 0 Å². The molecule has 3 heteroatoms. The van der Waals surface area contributed by atoms with Crippen molar-refractivity contribution < 1.29 is 4.79 Å². The lowest BCUT2D eigenvalue weighted by atomic mass is 10.2. The molecule has 1 amide bonds. The van der Waals surface area contributed by atoms with Gasteiger partial charge in [-0.1, -0.05) is 13.3 Å². The fraction of sp³-hybridized carbons (Fsp3) is 0.909. The highest BCUT2D eigenvalue weighted by molar-refractivity contribution is 5.81. The molecule has 0 radical (unpaired) electrons. The number of carbonyl (C=O) groups is 1. The molecule has 0 aromatic rings. The Morgan fingerprint density at radius 2 is 2.21 bits per heavy atom. The molecule has 3 nitrogen and oxygen atoms in total. The van der Waals surface area contributed by atoms with Gasteiger partial charge in [-0.3, -0.25) is 4.79 Å². The van der Waals surface area contributed by atoms with Crippen molar-refractivity contribution in [3.8, 4) is 0 Å². The molecule has 0 saturated heterocycles. The molecule has 0 bridgehead atoms. The van der Waals surface area contributed by atoms with Gasteiger partial charge in [-0.25, -0.2) is 0 Å². The van der Waals surface area contributed by atoms with Gasteiger partial charge in [0.25, 0.3) is 0 Å². The van der Waals surface area contributed by atoms with Crippen LogP contribution in [0.25, 0.3) is 0 Å². The SMILES string of the molecule is CCC1CC1C(=O)NC1CCC(N)C1. The number of hydrogen-bond donors (Lipinski definition) is 2. The Hall–Kier alpha value is -0.570. The molecule has 2 aliphatic carbocycles. The first-order chi connectivity index (χ1) is 6.70. The molecule has 2 fully saturated rings. The average molecular weight is 196 g/mol. The second-order valence-corrected chi connectivity index (χ2v) is 4.79. The molecule has 3 N–H and O–H groups in total. The summed E-state index contributed by atoms with van der Waals surface area (Å²) in [4.78, 5) is 11.7. The van der Waals surface area contributed by atoms with Crippen LogP contribution in [-0.4, -0.2) is 18.0 Å². The minimum atomic E-state index is 0.274. The van der Waals surface area contributed by atoms with Crippen LogP contribution in [0.2, 0.25) is 0 Å². The van der Waals surface area contributed by atoms with Crippen molar-refractivity contribution in [2.45, 2.75) is 51.1 Å². The van der Waals surface area contributed by atoms with Gasteiger partial charge in [-0.05, 0) is 31.6 Å². The van der Waals surface area contributed by atoms with Crippen LogP contribution in [-0.2, 0) is 4.79 Å². The molecular weight excluding hydrogens is 176 g/mol. The number of rotatable bonds is 3. The van der Waals surface area contributed by atoms with E-state index in [-0.39, 0.29) is 5.91 Å². The second kappa shape index (κ2) is 3.89. The van der Waals surface area contributed by atoms with Gasteiger partial charge in [0, 0.05) is 18.0 Å². The molecule has 0 aromatic carbocycles. The lowest BCUT2D eigenvalue weighted by molar-refractivity contribution is -0.123. The van der Waals surface area contributed by atoms with Gasteiger partial charge in [0.05, 0.1) is 0 Å². The maximum Gasteiger partial charge on any atom is 0.223 e. The van der Waals surface area contributed by atoms with Crippen molar-refractivity contribution in [3.05, 3.63) is 0 Å². The minimum absolute atomic E-state index is 0.274. The summed E-state index contributed by atoms with van der Waals surface area (Å²) < 4.78 is 0. The fourth-order valence-corrected chi connectivity index (χ4v) is 2.48. The average Bonchev–Trinajstić information content (AvgIpc) is 2.85. The van der Waals surface area contributed by atoms with Crippen molar-refractivity contribution in [2.24, 2.45) is 17.6 Å². The molecule has 2 aliphatic rings. The van der Waals surface area contributed by atoms with Gasteiger partial charge in [-0.15, -0.1) is 0 Å². The van der Waals surface area contributed by atoms with E-state index in [4.69, 9.17) is 5.73 Å². The summed E-state index contributed by atoms with van der Waals surface area (Å²) in [5.41, 5.74) is 5.79. The zero-order valence-corrected chi connectivity index (χ0v) is 8.83. The van der Waals surface area contributed by atoms with E-state index in [1.54, 1.807) is 0 Å². The van der Waals surface area contributed by atoms with E-state index >= 15 is 0 Å². The number of amides is 1. The number of nitrogens with one attached hydrogen (secondary N) is 1. The highest BCUT2D eigenvalue weighted by Gasteiger charge is 2.42. The van der Waals surface area contributed by atoms with Crippen molar-refractivity contribution in [2.75, 3.05) is 0 Å². The highest BCUT2D eigenvalue weighted by atomic mass is 16.2. The van der Waals surface area contributed by atoms with E-state index in [9.17, 15) is 4.79 Å². The summed E-state index contributed by atoms with van der Waals surface area (Å²) in [5, 5.41) is 3.12. The minimum Gasteiger partial charge on any atom is -0.353 e. The van der Waals surface area contributed by atoms with Crippen molar-refractivity contribution in [1.82, 2.24) is 5.32 Å². The molecule has 4 unspecified atom stereocenters. The van der Waals surface area contributed by atoms with Crippen molar-refractivity contribution in [1.29, 1.82) is 0 Å². The summed E-state index contributed by atoms with van der Waals surface area (Å²) >= 11 is 0. The van der Waals surface area contributed by atoms with E-state index in [0.29, 0.717) is 23.9 Å². The van der Waals surface area contributed by atoms with Gasteiger partial charge < -0.3 is 11.1 Å². The van der Waals surface area contributed by atoms with Crippen molar-refractivity contribution in [3.63, 3.8) is 0 Å². The van der Waals surface area contributed by atoms with Crippen LogP contribution in [0.5, 0.6) is 0 Å². The van der Waals surface area contributed by atoms with Gasteiger partial charge in [-0.2, -0.15) is 0 Å². The maximum absolute atomic E-state index is 11.7. The topological polar surface area (TPSA) is 55.1 Å². The molecule has 2 rings (SSSR count). The van der Waals surface area contributed by atoms with E-state index in [2.05, 4.69) is 12.2 Å². The highest BCUT2D eigenvalue weighted by Crippen LogP contribution is 2.41. The summed E-state index contributed by atoms with van der Waals surface area (Å²) in [7, 11) is 0. The largest absolute Gasteiger partial charge is 0.353 e. The van der Waals surface area contributed by atoms with Gasteiger partial charge in [0.2, 0.25) is 5.91 Å². The predicted octanol–water partition coefficient (Wildman–Crippen LogP) is 1.03. The predicted molar refractivity (Wildman–Crippen MR) is 55.6 cm³/mol. The lowest BCUT2D eigenvalue weighted by Crippen LogP contribution is -2.35. The Balaban J connectivity index is 1.73. The Bertz CT molecular complexity index is 229. The first-order valence-electron chi connectivity index (χ1n) is 5.76. The smallest absolute Gasteiger partial charge is 0.223 e. The van der Waals surface area contributed by atoms with E-state index in [1.165, 1.54) is 0 Å². The third-order valence-electron chi connectivity index (χ3n) is 3.60. The van der Waals surface area contributed by atoms with E-state index in [1.807, 2.05) is 0 Å². The molecule has 80 valence electrons. The summed E-state index contributed by atoms with van der Waals surface area (Å²) in [6.07, 6.45) is 5.34. The Morgan fingerprint density at radius 3 is 2.71 bits per heavy atom. The third-order valence-corrected chi connectivity index (χ3v) is 3.60. The number of hydrogen-bond acceptors (Lipinski definition) is 2. The molecule has 4 atom stereocenters. The Kier molecular flexibility index (Phi) is 2.77. The van der Waals surface area contributed by atoms with Crippen LogP contribution in [0.3, 0.4) is 0 Å². The molecule has 2 saturated carbocycles. The summed E-state index contributed by atoms with van der Waals surface area (Å²) in [6.45, 7) is 2.16. The quantitative estimate of drug-likeness (QED) is 0.708. The molecule has 0 aliphatic heterocycles. The van der Waals surface area contributed by atoms with Crippen LogP contribution >= 0.6 is 0 Å². The van der Waals surface area contributed by atoms with Gasteiger partial charge >= 0.3 is 0 Å². The van der Waals surface area contributed by atoms with E-state index in [0.717, 1.165) is 32.1 Å².